The first-order valence-electron chi connectivity index (χ1n) is 3.62. The second kappa shape index (κ2) is 3.06. The number of phenols is 2. The zero-order valence-electron chi connectivity index (χ0n) is 6.56. The normalized spacial score (nSPS) is 10.2. The summed E-state index contributed by atoms with van der Waals surface area (Å²) in [7, 11) is 0. The van der Waals surface area contributed by atoms with Gasteiger partial charge in [0.2, 0.25) is 0 Å². The predicted molar refractivity (Wildman–Crippen MR) is 49.7 cm³/mol. The molecule has 0 aliphatic heterocycles. The van der Waals surface area contributed by atoms with Crippen molar-refractivity contribution in [2.75, 3.05) is 0 Å². The van der Waals surface area contributed by atoms with Crippen LogP contribution in [0.1, 0.15) is 0 Å². The second-order valence-corrected chi connectivity index (χ2v) is 3.15. The molecule has 1 heterocycles. The molecule has 0 fully saturated rings. The Bertz CT molecular complexity index is 412. The van der Waals surface area contributed by atoms with Gasteiger partial charge in [0.1, 0.15) is 0 Å². The Morgan fingerprint density at radius 3 is 2.85 bits per heavy atom. The topological polar surface area (TPSA) is 53.4 Å². The molecule has 0 unspecified atom stereocenters. The summed E-state index contributed by atoms with van der Waals surface area (Å²) in [4.78, 5) is 3.91. The van der Waals surface area contributed by atoms with Gasteiger partial charge in [-0.15, -0.1) is 11.3 Å². The van der Waals surface area contributed by atoms with Crippen LogP contribution < -0.4 is 0 Å². The Kier molecular flexibility index (Phi) is 1.90. The van der Waals surface area contributed by atoms with Gasteiger partial charge in [0, 0.05) is 10.9 Å². The van der Waals surface area contributed by atoms with E-state index in [-0.39, 0.29) is 11.5 Å². The molecule has 0 saturated heterocycles. The summed E-state index contributed by atoms with van der Waals surface area (Å²) < 4.78 is 0. The Morgan fingerprint density at radius 1 is 1.31 bits per heavy atom. The van der Waals surface area contributed by atoms with E-state index >= 15 is 0 Å². The van der Waals surface area contributed by atoms with Gasteiger partial charge in [-0.2, -0.15) is 0 Å². The molecule has 2 N–H and O–H groups in total. The highest BCUT2D eigenvalue weighted by atomic mass is 32.1. The lowest BCUT2D eigenvalue weighted by atomic mass is 10.1. The van der Waals surface area contributed by atoms with E-state index < -0.39 is 0 Å². The summed E-state index contributed by atoms with van der Waals surface area (Å²) in [5.74, 6) is -0.271. The molecule has 0 aliphatic rings. The maximum atomic E-state index is 9.47. The summed E-state index contributed by atoms with van der Waals surface area (Å²) in [6.07, 6.45) is 0. The number of nitrogens with zero attached hydrogens (tertiary/aromatic N) is 1. The molecule has 1 radical (unpaired) electrons. The maximum Gasteiger partial charge on any atom is 0.167 e. The number of rotatable bonds is 1. The molecule has 3 nitrogen and oxygen atoms in total. The predicted octanol–water partition coefficient (Wildman–Crippen LogP) is 2.02. The molecule has 2 aromatic rings. The molecule has 0 atom stereocenters. The highest BCUT2D eigenvalue weighted by Gasteiger charge is 2.08. The average molecular weight is 192 g/mol. The van der Waals surface area contributed by atoms with Gasteiger partial charge < -0.3 is 10.2 Å². The van der Waals surface area contributed by atoms with Crippen LogP contribution in [-0.2, 0) is 0 Å². The van der Waals surface area contributed by atoms with E-state index in [1.165, 1.54) is 17.4 Å². The van der Waals surface area contributed by atoms with E-state index in [1.807, 2.05) is 0 Å². The molecule has 0 aliphatic carbocycles. The van der Waals surface area contributed by atoms with Crippen molar-refractivity contribution < 1.29 is 10.2 Å². The van der Waals surface area contributed by atoms with Crippen LogP contribution >= 0.6 is 11.3 Å². The van der Waals surface area contributed by atoms with Gasteiger partial charge in [0.25, 0.3) is 0 Å². The van der Waals surface area contributed by atoms with Crippen molar-refractivity contribution in [3.8, 4) is 22.8 Å². The molecule has 0 saturated carbocycles. The quantitative estimate of drug-likeness (QED) is 0.679. The van der Waals surface area contributed by atoms with E-state index in [9.17, 15) is 10.2 Å². The maximum absolute atomic E-state index is 9.47. The third-order valence-electron chi connectivity index (χ3n) is 1.68. The lowest BCUT2D eigenvalue weighted by molar-refractivity contribution is 0.405. The van der Waals surface area contributed by atoms with Crippen LogP contribution in [0, 0.1) is 5.51 Å². The molecule has 65 valence electrons. The number of hydrogen-bond donors (Lipinski definition) is 2. The first-order valence-corrected chi connectivity index (χ1v) is 4.50. The molecule has 2 rings (SSSR count). The fourth-order valence-electron chi connectivity index (χ4n) is 1.05. The smallest absolute Gasteiger partial charge is 0.167 e. The summed E-state index contributed by atoms with van der Waals surface area (Å²) in [5.41, 5.74) is 3.82. The van der Waals surface area contributed by atoms with Gasteiger partial charge in [-0.25, -0.2) is 4.98 Å². The first-order chi connectivity index (χ1) is 6.29. The zero-order chi connectivity index (χ0) is 9.26. The standard InChI is InChI=1S/C9H6NO2S/c11-8-3-1-2-6(9(8)12)7-4-13-5-10-7/h1-4,11-12H. The number of hydrogen-bond acceptors (Lipinski definition) is 4. The summed E-state index contributed by atoms with van der Waals surface area (Å²) >= 11 is 1.32. The van der Waals surface area contributed by atoms with Crippen molar-refractivity contribution in [2.24, 2.45) is 0 Å². The van der Waals surface area contributed by atoms with E-state index in [0.29, 0.717) is 11.3 Å². The molecule has 0 bridgehead atoms. The van der Waals surface area contributed by atoms with Crippen molar-refractivity contribution in [3.63, 3.8) is 0 Å². The van der Waals surface area contributed by atoms with Gasteiger partial charge in [-0.3, -0.25) is 0 Å². The molecule has 0 spiro atoms. The van der Waals surface area contributed by atoms with Gasteiger partial charge in [-0.05, 0) is 12.1 Å². The fraction of sp³-hybridized carbons (Fsp3) is 0. The second-order valence-electron chi connectivity index (χ2n) is 2.50. The van der Waals surface area contributed by atoms with Crippen molar-refractivity contribution in [1.82, 2.24) is 4.98 Å². The van der Waals surface area contributed by atoms with Gasteiger partial charge >= 0.3 is 0 Å². The highest BCUT2D eigenvalue weighted by Crippen LogP contribution is 2.35. The van der Waals surface area contributed by atoms with Crippen LogP contribution in [0.2, 0.25) is 0 Å². The minimum atomic E-state index is -0.137. The van der Waals surface area contributed by atoms with Crippen molar-refractivity contribution in [3.05, 3.63) is 29.1 Å². The highest BCUT2D eigenvalue weighted by molar-refractivity contribution is 7.07. The van der Waals surface area contributed by atoms with E-state index in [4.69, 9.17) is 0 Å². The number of para-hydroxylation sites is 1. The van der Waals surface area contributed by atoms with Gasteiger partial charge in [0.15, 0.2) is 17.0 Å². The van der Waals surface area contributed by atoms with Crippen LogP contribution in [0.25, 0.3) is 11.3 Å². The third kappa shape index (κ3) is 1.36. The van der Waals surface area contributed by atoms with Crippen molar-refractivity contribution in [1.29, 1.82) is 0 Å². The monoisotopic (exact) mass is 192 g/mol. The lowest BCUT2D eigenvalue weighted by Gasteiger charge is -2.01. The van der Waals surface area contributed by atoms with Gasteiger partial charge in [0.05, 0.1) is 5.69 Å². The molecule has 4 heteroatoms. The molecule has 13 heavy (non-hydrogen) atoms. The number of phenolic OH excluding ortho intramolecular Hbond substituents is 2. The Hall–Kier alpha value is -1.55. The molecule has 1 aromatic heterocycles. The first kappa shape index (κ1) is 8.07. The fourth-order valence-corrected chi connectivity index (χ4v) is 1.54. The van der Waals surface area contributed by atoms with Crippen LogP contribution in [0.3, 0.4) is 0 Å². The van der Waals surface area contributed by atoms with E-state index in [2.05, 4.69) is 10.5 Å². The summed E-state index contributed by atoms with van der Waals surface area (Å²) in [6.45, 7) is 0. The van der Waals surface area contributed by atoms with Crippen molar-refractivity contribution >= 4 is 11.3 Å². The Morgan fingerprint density at radius 2 is 2.15 bits per heavy atom. The Balaban J connectivity index is 2.59. The zero-order valence-corrected chi connectivity index (χ0v) is 7.38. The molecule has 0 amide bonds. The number of aromatic hydroxyl groups is 2. The van der Waals surface area contributed by atoms with E-state index in [1.54, 1.807) is 17.5 Å². The van der Waals surface area contributed by atoms with Crippen molar-refractivity contribution in [2.45, 2.75) is 0 Å². The van der Waals surface area contributed by atoms with E-state index in [0.717, 1.165) is 0 Å². The van der Waals surface area contributed by atoms with Gasteiger partial charge in [-0.1, -0.05) is 6.07 Å². The van der Waals surface area contributed by atoms with Crippen LogP contribution in [0.15, 0.2) is 23.6 Å². The summed E-state index contributed by atoms with van der Waals surface area (Å²) in [5, 5.41) is 20.4. The van der Waals surface area contributed by atoms with Crippen LogP contribution in [-0.4, -0.2) is 15.2 Å². The minimum Gasteiger partial charge on any atom is -0.504 e. The lowest BCUT2D eigenvalue weighted by Crippen LogP contribution is -1.78. The summed E-state index contributed by atoms with van der Waals surface area (Å²) in [6, 6.07) is 4.77. The Labute approximate surface area is 78.9 Å². The molecular weight excluding hydrogens is 186 g/mol. The van der Waals surface area contributed by atoms with Crippen LogP contribution in [0.5, 0.6) is 11.5 Å². The number of thiazole rings is 1. The van der Waals surface area contributed by atoms with Crippen LogP contribution in [0.4, 0.5) is 0 Å². The largest absolute Gasteiger partial charge is 0.504 e. The SMILES string of the molecule is Oc1cccc(-c2cs[c]n2)c1O. The minimum absolute atomic E-state index is 0.134. The molecule has 1 aromatic carbocycles. The number of benzene rings is 1. The third-order valence-corrected chi connectivity index (χ3v) is 2.22. The average Bonchev–Trinajstić information content (AvgIpc) is 2.62. The molecular formula is C9H6NO2S. The number of aromatic nitrogens is 1.